The number of carbonyl (C=O) groups is 1. The van der Waals surface area contributed by atoms with Gasteiger partial charge in [-0.15, -0.1) is 0 Å². The van der Waals surface area contributed by atoms with Crippen molar-refractivity contribution >= 4 is 23.4 Å². The van der Waals surface area contributed by atoms with Crippen molar-refractivity contribution in [1.82, 2.24) is 15.2 Å². The van der Waals surface area contributed by atoms with E-state index in [2.05, 4.69) is 15.6 Å². The molecule has 162 valence electrons. The van der Waals surface area contributed by atoms with Crippen molar-refractivity contribution in [3.63, 3.8) is 0 Å². The van der Waals surface area contributed by atoms with Gasteiger partial charge >= 0.3 is 6.03 Å². The van der Waals surface area contributed by atoms with E-state index in [0.717, 1.165) is 11.1 Å². The number of halogens is 2. The summed E-state index contributed by atoms with van der Waals surface area (Å²) in [6.45, 7) is 4.29. The lowest BCUT2D eigenvalue weighted by atomic mass is 10.0. The summed E-state index contributed by atoms with van der Waals surface area (Å²) in [5.41, 5.74) is 2.56. The van der Waals surface area contributed by atoms with Crippen LogP contribution in [0.4, 0.5) is 15.0 Å². The van der Waals surface area contributed by atoms with Crippen molar-refractivity contribution in [2.75, 3.05) is 18.5 Å². The first-order valence-electron chi connectivity index (χ1n) is 9.82. The fourth-order valence-corrected chi connectivity index (χ4v) is 3.59. The van der Waals surface area contributed by atoms with Gasteiger partial charge in [-0.1, -0.05) is 17.7 Å². The Kier molecular flexibility index (Phi) is 7.12. The standard InChI is InChI=1S/C21H26ClFN4O3/c1-12(11-28)25-19-8-16-10-27(6-5-15(16)9-24-19)21(30)26-20(13(2)29)14-3-4-18(23)17(22)7-14/h3-4,7-9,12-13,20,28-29H,5-6,10-11H2,1-2H3,(H,24,25)(H,26,30)/t12-,13-,20+/m0/s1. The topological polar surface area (TPSA) is 97.7 Å². The quantitative estimate of drug-likeness (QED) is 0.558. The molecule has 0 saturated carbocycles. The molecule has 2 amide bonds. The van der Waals surface area contributed by atoms with Gasteiger partial charge in [-0.3, -0.25) is 0 Å². The second-order valence-electron chi connectivity index (χ2n) is 7.58. The largest absolute Gasteiger partial charge is 0.394 e. The summed E-state index contributed by atoms with van der Waals surface area (Å²) >= 11 is 5.86. The van der Waals surface area contributed by atoms with E-state index in [1.54, 1.807) is 18.0 Å². The monoisotopic (exact) mass is 436 g/mol. The Morgan fingerprint density at radius 3 is 2.77 bits per heavy atom. The summed E-state index contributed by atoms with van der Waals surface area (Å²) in [5, 5.41) is 25.2. The van der Waals surface area contributed by atoms with Gasteiger partial charge in [0.2, 0.25) is 0 Å². The molecule has 0 radical (unpaired) electrons. The average molecular weight is 437 g/mol. The maximum atomic E-state index is 13.5. The molecule has 2 aromatic rings. The summed E-state index contributed by atoms with van der Waals surface area (Å²) in [5.74, 6) is 0.0811. The highest BCUT2D eigenvalue weighted by molar-refractivity contribution is 6.30. The van der Waals surface area contributed by atoms with Gasteiger partial charge < -0.3 is 25.7 Å². The highest BCUT2D eigenvalue weighted by Crippen LogP contribution is 2.25. The molecule has 3 atom stereocenters. The molecule has 30 heavy (non-hydrogen) atoms. The molecule has 0 aliphatic carbocycles. The van der Waals surface area contributed by atoms with Gasteiger partial charge in [0.25, 0.3) is 0 Å². The number of urea groups is 1. The molecule has 1 aromatic heterocycles. The van der Waals surface area contributed by atoms with Crippen molar-refractivity contribution in [1.29, 1.82) is 0 Å². The number of amides is 2. The minimum atomic E-state index is -0.896. The molecule has 1 aliphatic rings. The maximum absolute atomic E-state index is 13.5. The highest BCUT2D eigenvalue weighted by Gasteiger charge is 2.26. The first-order chi connectivity index (χ1) is 14.3. The zero-order valence-electron chi connectivity index (χ0n) is 16.9. The van der Waals surface area contributed by atoms with Crippen LogP contribution in [-0.2, 0) is 13.0 Å². The van der Waals surface area contributed by atoms with Crippen LogP contribution in [0.1, 0.15) is 36.6 Å². The maximum Gasteiger partial charge on any atom is 0.318 e. The third-order valence-electron chi connectivity index (χ3n) is 5.11. The second kappa shape index (κ2) is 9.59. The number of aliphatic hydroxyl groups excluding tert-OH is 2. The Bertz CT molecular complexity index is 912. The molecule has 1 aromatic carbocycles. The zero-order chi connectivity index (χ0) is 21.8. The number of fused-ring (bicyclic) bond motifs is 1. The third-order valence-corrected chi connectivity index (χ3v) is 5.40. The van der Waals surface area contributed by atoms with Gasteiger partial charge in [0.15, 0.2) is 0 Å². The van der Waals surface area contributed by atoms with E-state index in [4.69, 9.17) is 11.6 Å². The molecule has 0 saturated heterocycles. The first kappa shape index (κ1) is 22.3. The summed E-state index contributed by atoms with van der Waals surface area (Å²) in [7, 11) is 0. The molecule has 2 heterocycles. The molecule has 4 N–H and O–H groups in total. The van der Waals surface area contributed by atoms with Crippen LogP contribution >= 0.6 is 11.6 Å². The van der Waals surface area contributed by atoms with Crippen LogP contribution in [0.2, 0.25) is 5.02 Å². The van der Waals surface area contributed by atoms with Gasteiger partial charge in [-0.05, 0) is 55.2 Å². The smallest absolute Gasteiger partial charge is 0.318 e. The van der Waals surface area contributed by atoms with Crippen LogP contribution < -0.4 is 10.6 Å². The van der Waals surface area contributed by atoms with Crippen LogP contribution in [0.5, 0.6) is 0 Å². The van der Waals surface area contributed by atoms with E-state index in [0.29, 0.717) is 30.9 Å². The summed E-state index contributed by atoms with van der Waals surface area (Å²) in [6, 6.07) is 4.81. The van der Waals surface area contributed by atoms with E-state index >= 15 is 0 Å². The number of rotatable bonds is 6. The van der Waals surface area contributed by atoms with Gasteiger partial charge in [-0.25, -0.2) is 14.2 Å². The second-order valence-corrected chi connectivity index (χ2v) is 7.99. The van der Waals surface area contributed by atoms with Crippen molar-refractivity contribution in [3.8, 4) is 0 Å². The summed E-state index contributed by atoms with van der Waals surface area (Å²) in [6.07, 6.45) is 1.55. The Morgan fingerprint density at radius 1 is 1.33 bits per heavy atom. The zero-order valence-corrected chi connectivity index (χ0v) is 17.7. The van der Waals surface area contributed by atoms with E-state index in [9.17, 15) is 19.4 Å². The Morgan fingerprint density at radius 2 is 2.10 bits per heavy atom. The van der Waals surface area contributed by atoms with Crippen LogP contribution in [0, 0.1) is 5.82 Å². The fourth-order valence-electron chi connectivity index (χ4n) is 3.40. The van der Waals surface area contributed by atoms with Crippen molar-refractivity contribution in [3.05, 3.63) is 58.0 Å². The number of anilines is 1. The molecular formula is C21H26ClFN4O3. The number of nitrogens with one attached hydrogen (secondary N) is 2. The normalized spacial score (nSPS) is 16.4. The summed E-state index contributed by atoms with van der Waals surface area (Å²) in [4.78, 5) is 18.9. The van der Waals surface area contributed by atoms with E-state index in [1.165, 1.54) is 18.2 Å². The van der Waals surface area contributed by atoms with E-state index in [1.807, 2.05) is 13.0 Å². The number of hydrogen-bond donors (Lipinski definition) is 4. The number of nitrogens with zero attached hydrogens (tertiary/aromatic N) is 2. The molecule has 0 spiro atoms. The van der Waals surface area contributed by atoms with E-state index in [-0.39, 0.29) is 23.7 Å². The molecule has 1 aliphatic heterocycles. The lowest BCUT2D eigenvalue weighted by molar-refractivity contribution is 0.135. The molecule has 0 fully saturated rings. The first-order valence-corrected chi connectivity index (χ1v) is 10.2. The minimum Gasteiger partial charge on any atom is -0.394 e. The number of aromatic nitrogens is 1. The SMILES string of the molecule is C[C@H](O)[C@@H](NC(=O)N1CCc2cnc(N[C@@H](C)CO)cc2C1)c1ccc(F)c(Cl)c1. The number of benzene rings is 1. The van der Waals surface area contributed by atoms with E-state index < -0.39 is 18.0 Å². The predicted molar refractivity (Wildman–Crippen MR) is 113 cm³/mol. The Labute approximate surface area is 179 Å². The number of carbonyl (C=O) groups excluding carboxylic acids is 1. The highest BCUT2D eigenvalue weighted by atomic mass is 35.5. The fraction of sp³-hybridized carbons (Fsp3) is 0.429. The number of pyridine rings is 1. The number of aliphatic hydroxyl groups is 2. The molecule has 3 rings (SSSR count). The van der Waals surface area contributed by atoms with Crippen molar-refractivity contribution in [2.24, 2.45) is 0 Å². The molecular weight excluding hydrogens is 411 g/mol. The predicted octanol–water partition coefficient (Wildman–Crippen LogP) is 2.86. The van der Waals surface area contributed by atoms with Gasteiger partial charge in [0, 0.05) is 25.3 Å². The average Bonchev–Trinajstić information content (AvgIpc) is 2.73. The summed E-state index contributed by atoms with van der Waals surface area (Å²) < 4.78 is 13.5. The number of hydrogen-bond acceptors (Lipinski definition) is 5. The van der Waals surface area contributed by atoms with Crippen LogP contribution in [0.25, 0.3) is 0 Å². The molecule has 0 unspecified atom stereocenters. The van der Waals surface area contributed by atoms with Crippen LogP contribution in [0.15, 0.2) is 30.5 Å². The van der Waals surface area contributed by atoms with Gasteiger partial charge in [-0.2, -0.15) is 0 Å². The van der Waals surface area contributed by atoms with Crippen molar-refractivity contribution < 1.29 is 19.4 Å². The minimum absolute atomic E-state index is 0.0125. The Hall–Kier alpha value is -2.42. The van der Waals surface area contributed by atoms with Gasteiger partial charge in [0.1, 0.15) is 11.6 Å². The molecule has 9 heteroatoms. The molecule has 7 nitrogen and oxygen atoms in total. The Balaban J connectivity index is 1.72. The van der Waals surface area contributed by atoms with Crippen LogP contribution in [0.3, 0.4) is 0 Å². The lowest BCUT2D eigenvalue weighted by Crippen LogP contribution is -2.46. The third kappa shape index (κ3) is 5.19. The van der Waals surface area contributed by atoms with Crippen molar-refractivity contribution in [2.45, 2.75) is 45.0 Å². The lowest BCUT2D eigenvalue weighted by Gasteiger charge is -2.32. The van der Waals surface area contributed by atoms with Crippen LogP contribution in [-0.4, -0.2) is 51.4 Å². The van der Waals surface area contributed by atoms with Gasteiger partial charge in [0.05, 0.1) is 23.8 Å². The molecule has 0 bridgehead atoms.